The first-order chi connectivity index (χ1) is 10.6. The van der Waals surface area contributed by atoms with E-state index in [-0.39, 0.29) is 19.1 Å². The van der Waals surface area contributed by atoms with E-state index in [1.165, 1.54) is 11.3 Å². The lowest BCUT2D eigenvalue weighted by atomic mass is 10.3. The summed E-state index contributed by atoms with van der Waals surface area (Å²) in [6.07, 6.45) is 0. The second kappa shape index (κ2) is 7.82. The van der Waals surface area contributed by atoms with Crippen LogP contribution in [0, 0.1) is 0 Å². The number of carbonyl (C=O) groups excluding carboxylic acids is 2. The van der Waals surface area contributed by atoms with Crippen LogP contribution in [0.5, 0.6) is 5.75 Å². The molecule has 0 aliphatic rings. The fourth-order valence-electron chi connectivity index (χ4n) is 1.62. The maximum atomic E-state index is 11.9. The lowest BCUT2D eigenvalue weighted by Crippen LogP contribution is -2.21. The predicted molar refractivity (Wildman–Crippen MR) is 85.9 cm³/mol. The van der Waals surface area contributed by atoms with Gasteiger partial charge in [0.15, 0.2) is 6.61 Å². The number of ether oxygens (including phenoxy) is 2. The summed E-state index contributed by atoms with van der Waals surface area (Å²) in [6.45, 7) is 1.84. The van der Waals surface area contributed by atoms with Crippen molar-refractivity contribution in [2.45, 2.75) is 6.92 Å². The van der Waals surface area contributed by atoms with Crippen molar-refractivity contribution in [3.8, 4) is 5.75 Å². The minimum atomic E-state index is -0.460. The molecule has 1 aromatic heterocycles. The fourth-order valence-corrected chi connectivity index (χ4v) is 2.54. The number of benzene rings is 1. The summed E-state index contributed by atoms with van der Waals surface area (Å²) in [4.78, 5) is 23.6. The van der Waals surface area contributed by atoms with Crippen LogP contribution in [0.4, 0.5) is 5.00 Å². The molecule has 0 aliphatic heterocycles. The number of hydrogen-bond acceptors (Lipinski definition) is 5. The van der Waals surface area contributed by atoms with Crippen molar-refractivity contribution < 1.29 is 19.1 Å². The number of nitrogens with one attached hydrogen (secondary N) is 1. The highest BCUT2D eigenvalue weighted by Gasteiger charge is 2.16. The van der Waals surface area contributed by atoms with Crippen LogP contribution < -0.4 is 10.1 Å². The third-order valence-electron chi connectivity index (χ3n) is 2.60. The molecule has 0 unspecified atom stereocenters. The first-order valence-electron chi connectivity index (χ1n) is 6.53. The lowest BCUT2D eigenvalue weighted by molar-refractivity contribution is -0.118. The van der Waals surface area contributed by atoms with E-state index in [0.717, 1.165) is 0 Å². The van der Waals surface area contributed by atoms with Crippen LogP contribution in [-0.2, 0) is 9.53 Å². The molecule has 0 bridgehead atoms. The summed E-state index contributed by atoms with van der Waals surface area (Å²) >= 11 is 7.01. The number of esters is 1. The van der Waals surface area contributed by atoms with E-state index in [9.17, 15) is 9.59 Å². The van der Waals surface area contributed by atoms with Gasteiger partial charge >= 0.3 is 5.97 Å². The Morgan fingerprint density at radius 2 is 1.95 bits per heavy atom. The molecule has 0 spiro atoms. The summed E-state index contributed by atoms with van der Waals surface area (Å²) in [6, 6.07) is 8.30. The topological polar surface area (TPSA) is 64.6 Å². The monoisotopic (exact) mass is 339 g/mol. The first-order valence-corrected chi connectivity index (χ1v) is 7.78. The molecule has 0 radical (unpaired) electrons. The molecule has 1 aromatic carbocycles. The maximum absolute atomic E-state index is 11.9. The second-order valence-corrected chi connectivity index (χ2v) is 5.53. The molecule has 22 heavy (non-hydrogen) atoms. The normalized spacial score (nSPS) is 10.1. The standard InChI is InChI=1S/C15H14ClNO4S/c1-2-20-15(19)12-7-8-22-14(12)17-13(18)9-21-11-5-3-10(16)4-6-11/h3-8H,2,9H2,1H3,(H,17,18). The molecular weight excluding hydrogens is 326 g/mol. The van der Waals surface area contributed by atoms with E-state index >= 15 is 0 Å². The smallest absolute Gasteiger partial charge is 0.341 e. The van der Waals surface area contributed by atoms with Gasteiger partial charge in [-0.1, -0.05) is 11.6 Å². The quantitative estimate of drug-likeness (QED) is 0.817. The fraction of sp³-hybridized carbons (Fsp3) is 0.200. The Morgan fingerprint density at radius 1 is 1.23 bits per heavy atom. The number of halogens is 1. The summed E-state index contributed by atoms with van der Waals surface area (Å²) < 4.78 is 10.3. The van der Waals surface area contributed by atoms with Gasteiger partial charge in [-0.15, -0.1) is 11.3 Å². The molecule has 1 heterocycles. The first kappa shape index (κ1) is 16.3. The molecule has 0 atom stereocenters. The highest BCUT2D eigenvalue weighted by molar-refractivity contribution is 7.14. The molecule has 1 amide bonds. The molecule has 2 aromatic rings. The van der Waals surface area contributed by atoms with E-state index in [1.807, 2.05) is 0 Å². The van der Waals surface area contributed by atoms with Crippen molar-refractivity contribution >= 4 is 39.8 Å². The van der Waals surface area contributed by atoms with Crippen molar-refractivity contribution in [2.75, 3.05) is 18.5 Å². The Hall–Kier alpha value is -2.05. The number of anilines is 1. The molecule has 0 fully saturated rings. The van der Waals surface area contributed by atoms with E-state index in [1.54, 1.807) is 42.6 Å². The Labute approximate surface area is 136 Å². The molecule has 0 saturated heterocycles. The summed E-state index contributed by atoms with van der Waals surface area (Å²) in [7, 11) is 0. The number of carbonyl (C=O) groups is 2. The molecule has 0 saturated carbocycles. The van der Waals surface area contributed by atoms with Gasteiger partial charge in [0.05, 0.1) is 12.2 Å². The van der Waals surface area contributed by atoms with Gasteiger partial charge in [0, 0.05) is 5.02 Å². The van der Waals surface area contributed by atoms with Crippen LogP contribution in [0.2, 0.25) is 5.02 Å². The minimum Gasteiger partial charge on any atom is -0.484 e. The van der Waals surface area contributed by atoms with Gasteiger partial charge in [-0.3, -0.25) is 4.79 Å². The number of rotatable bonds is 6. The molecular formula is C15H14ClNO4S. The van der Waals surface area contributed by atoms with Crippen LogP contribution in [0.1, 0.15) is 17.3 Å². The third-order valence-corrected chi connectivity index (χ3v) is 3.68. The van der Waals surface area contributed by atoms with Gasteiger partial charge in [-0.05, 0) is 42.6 Å². The Kier molecular flexibility index (Phi) is 5.80. The number of amides is 1. The molecule has 2 rings (SSSR count). The van der Waals surface area contributed by atoms with Gasteiger partial charge < -0.3 is 14.8 Å². The van der Waals surface area contributed by atoms with E-state index in [2.05, 4.69) is 5.32 Å². The molecule has 0 aliphatic carbocycles. The van der Waals surface area contributed by atoms with Crippen LogP contribution >= 0.6 is 22.9 Å². The molecule has 116 valence electrons. The Morgan fingerprint density at radius 3 is 2.64 bits per heavy atom. The average Bonchev–Trinajstić information content (AvgIpc) is 2.95. The van der Waals surface area contributed by atoms with Gasteiger partial charge in [0.2, 0.25) is 0 Å². The van der Waals surface area contributed by atoms with E-state index < -0.39 is 5.97 Å². The Balaban J connectivity index is 1.91. The summed E-state index contributed by atoms with van der Waals surface area (Å²) in [5.41, 5.74) is 0.340. The van der Waals surface area contributed by atoms with Gasteiger partial charge in [-0.2, -0.15) is 0 Å². The van der Waals surface area contributed by atoms with Crippen molar-refractivity contribution in [3.05, 3.63) is 46.3 Å². The predicted octanol–water partition coefficient (Wildman–Crippen LogP) is 3.60. The Bertz CT molecular complexity index is 654. The highest BCUT2D eigenvalue weighted by Crippen LogP contribution is 2.24. The number of thiophene rings is 1. The van der Waals surface area contributed by atoms with Crippen LogP contribution in [-0.4, -0.2) is 25.1 Å². The van der Waals surface area contributed by atoms with E-state index in [4.69, 9.17) is 21.1 Å². The SMILES string of the molecule is CCOC(=O)c1ccsc1NC(=O)COc1ccc(Cl)cc1. The lowest BCUT2D eigenvalue weighted by Gasteiger charge is -2.08. The maximum Gasteiger partial charge on any atom is 0.341 e. The van der Waals surface area contributed by atoms with Crippen LogP contribution in [0.3, 0.4) is 0 Å². The van der Waals surface area contributed by atoms with Gasteiger partial charge in [-0.25, -0.2) is 4.79 Å². The molecule has 5 nitrogen and oxygen atoms in total. The summed E-state index contributed by atoms with van der Waals surface area (Å²) in [5, 5.41) is 5.39. The van der Waals surface area contributed by atoms with Crippen LogP contribution in [0.15, 0.2) is 35.7 Å². The largest absolute Gasteiger partial charge is 0.484 e. The van der Waals surface area contributed by atoms with Crippen molar-refractivity contribution in [1.82, 2.24) is 0 Å². The zero-order valence-electron chi connectivity index (χ0n) is 11.8. The second-order valence-electron chi connectivity index (χ2n) is 4.17. The van der Waals surface area contributed by atoms with Crippen LogP contribution in [0.25, 0.3) is 0 Å². The minimum absolute atomic E-state index is 0.165. The van der Waals surface area contributed by atoms with Crippen molar-refractivity contribution in [2.24, 2.45) is 0 Å². The van der Waals surface area contributed by atoms with Crippen molar-refractivity contribution in [1.29, 1.82) is 0 Å². The van der Waals surface area contributed by atoms with E-state index in [0.29, 0.717) is 21.3 Å². The molecule has 1 N–H and O–H groups in total. The third kappa shape index (κ3) is 4.47. The zero-order chi connectivity index (χ0) is 15.9. The summed E-state index contributed by atoms with van der Waals surface area (Å²) in [5.74, 6) is -0.281. The molecule has 7 heteroatoms. The van der Waals surface area contributed by atoms with Gasteiger partial charge in [0.25, 0.3) is 5.91 Å². The average molecular weight is 340 g/mol. The van der Waals surface area contributed by atoms with Crippen molar-refractivity contribution in [3.63, 3.8) is 0 Å². The highest BCUT2D eigenvalue weighted by atomic mass is 35.5. The number of hydrogen-bond donors (Lipinski definition) is 1. The van der Waals surface area contributed by atoms with Gasteiger partial charge in [0.1, 0.15) is 10.8 Å². The zero-order valence-corrected chi connectivity index (χ0v) is 13.4.